The quantitative estimate of drug-likeness (QED) is 0.734. The van der Waals surface area contributed by atoms with Crippen molar-refractivity contribution in [3.63, 3.8) is 0 Å². The summed E-state index contributed by atoms with van der Waals surface area (Å²) in [4.78, 5) is 9.25. The molecule has 4 nitrogen and oxygen atoms in total. The Morgan fingerprint density at radius 1 is 1.16 bits per heavy atom. The van der Waals surface area contributed by atoms with Gasteiger partial charge in [0.15, 0.2) is 0 Å². The van der Waals surface area contributed by atoms with Crippen LogP contribution in [0.25, 0.3) is 0 Å². The molecule has 4 heteroatoms. The number of hydrogen-bond acceptors (Lipinski definition) is 4. The Morgan fingerprint density at radius 3 is 2.47 bits per heavy atom. The summed E-state index contributed by atoms with van der Waals surface area (Å²) >= 11 is 0. The number of hydrogen-bond donors (Lipinski definition) is 1. The molecule has 1 aromatic heterocycles. The summed E-state index contributed by atoms with van der Waals surface area (Å²) in [7, 11) is 6.20. The molecular weight excluding hydrogens is 236 g/mol. The van der Waals surface area contributed by atoms with Gasteiger partial charge >= 0.3 is 0 Å². The average Bonchev–Trinajstić information content (AvgIpc) is 2.39. The molecule has 0 aliphatic carbocycles. The summed E-state index contributed by atoms with van der Waals surface area (Å²) in [6.45, 7) is 7.38. The Balaban J connectivity index is 2.52. The Bertz CT molecular complexity index is 335. The van der Waals surface area contributed by atoms with Gasteiger partial charge in [-0.1, -0.05) is 13.0 Å². The highest BCUT2D eigenvalue weighted by molar-refractivity contribution is 5.13. The van der Waals surface area contributed by atoms with E-state index >= 15 is 0 Å². The van der Waals surface area contributed by atoms with Crippen molar-refractivity contribution in [1.29, 1.82) is 0 Å². The lowest BCUT2D eigenvalue weighted by Crippen LogP contribution is -2.32. The van der Waals surface area contributed by atoms with Crippen molar-refractivity contribution >= 4 is 0 Å². The zero-order valence-corrected chi connectivity index (χ0v) is 12.8. The van der Waals surface area contributed by atoms with Crippen molar-refractivity contribution in [2.24, 2.45) is 0 Å². The second-order valence-electron chi connectivity index (χ2n) is 5.27. The molecule has 1 aromatic rings. The van der Waals surface area contributed by atoms with E-state index < -0.39 is 0 Å². The predicted molar refractivity (Wildman–Crippen MR) is 81.1 cm³/mol. The molecule has 0 aromatic carbocycles. The van der Waals surface area contributed by atoms with E-state index in [-0.39, 0.29) is 0 Å². The van der Waals surface area contributed by atoms with Crippen molar-refractivity contribution in [2.75, 3.05) is 40.8 Å². The van der Waals surface area contributed by atoms with E-state index in [1.165, 1.54) is 12.0 Å². The fourth-order valence-corrected chi connectivity index (χ4v) is 2.01. The molecule has 0 saturated carbocycles. The number of nitrogens with one attached hydrogen (secondary N) is 1. The van der Waals surface area contributed by atoms with Crippen LogP contribution in [0.15, 0.2) is 18.3 Å². The molecule has 0 amide bonds. The van der Waals surface area contributed by atoms with Crippen molar-refractivity contribution in [1.82, 2.24) is 20.1 Å². The van der Waals surface area contributed by atoms with Crippen molar-refractivity contribution in [3.8, 4) is 0 Å². The van der Waals surface area contributed by atoms with Crippen molar-refractivity contribution < 1.29 is 0 Å². The predicted octanol–water partition coefficient (Wildman–Crippen LogP) is 1.57. The molecule has 1 rings (SSSR count). The summed E-state index contributed by atoms with van der Waals surface area (Å²) in [6, 6.07) is 4.31. The maximum Gasteiger partial charge on any atom is 0.0544 e. The van der Waals surface area contributed by atoms with Gasteiger partial charge in [-0.25, -0.2) is 0 Å². The van der Waals surface area contributed by atoms with E-state index in [2.05, 4.69) is 53.3 Å². The monoisotopic (exact) mass is 264 g/mol. The fraction of sp³-hybridized carbons (Fsp3) is 0.667. The lowest BCUT2D eigenvalue weighted by atomic mass is 10.2. The van der Waals surface area contributed by atoms with E-state index in [4.69, 9.17) is 0 Å². The summed E-state index contributed by atoms with van der Waals surface area (Å²) in [5.41, 5.74) is 2.40. The highest BCUT2D eigenvalue weighted by Crippen LogP contribution is 2.05. The Hall–Kier alpha value is -0.970. The van der Waals surface area contributed by atoms with Crippen molar-refractivity contribution in [3.05, 3.63) is 29.6 Å². The minimum atomic E-state index is 0.882. The second kappa shape index (κ2) is 9.02. The Labute approximate surface area is 117 Å². The number of aromatic nitrogens is 1. The first-order valence-corrected chi connectivity index (χ1v) is 7.11. The Morgan fingerprint density at radius 2 is 1.95 bits per heavy atom. The lowest BCUT2D eigenvalue weighted by Gasteiger charge is -2.23. The zero-order chi connectivity index (χ0) is 14.1. The second-order valence-corrected chi connectivity index (χ2v) is 5.27. The standard InChI is InChI=1S/C15H28N4/c1-5-8-19(10-9-18(3)4)13-15-7-6-14(11-16-2)12-17-15/h6-7,12,16H,5,8-11,13H2,1-4H3. The van der Waals surface area contributed by atoms with Crippen LogP contribution in [0.3, 0.4) is 0 Å². The summed E-state index contributed by atoms with van der Waals surface area (Å²) < 4.78 is 0. The number of rotatable bonds is 9. The van der Waals surface area contributed by atoms with Crippen LogP contribution in [-0.2, 0) is 13.1 Å². The van der Waals surface area contributed by atoms with E-state index in [9.17, 15) is 0 Å². The molecule has 0 fully saturated rings. The first-order chi connectivity index (χ1) is 9.15. The minimum Gasteiger partial charge on any atom is -0.316 e. The summed E-state index contributed by atoms with van der Waals surface area (Å²) in [6.07, 6.45) is 3.16. The molecule has 0 spiro atoms. The number of nitrogens with zero attached hydrogens (tertiary/aromatic N) is 3. The molecule has 0 aliphatic rings. The first kappa shape index (κ1) is 16.1. The normalized spacial score (nSPS) is 11.5. The molecule has 0 atom stereocenters. The van der Waals surface area contributed by atoms with Crippen LogP contribution >= 0.6 is 0 Å². The largest absolute Gasteiger partial charge is 0.316 e. The van der Waals surface area contributed by atoms with Gasteiger partial charge in [0.1, 0.15) is 0 Å². The molecular formula is C15H28N4. The van der Waals surface area contributed by atoms with Crippen LogP contribution in [0.1, 0.15) is 24.6 Å². The third-order valence-corrected chi connectivity index (χ3v) is 3.06. The molecule has 1 heterocycles. The molecule has 19 heavy (non-hydrogen) atoms. The van der Waals surface area contributed by atoms with Crippen LogP contribution < -0.4 is 5.32 Å². The highest BCUT2D eigenvalue weighted by atomic mass is 15.2. The third kappa shape index (κ3) is 6.66. The molecule has 0 bridgehead atoms. The van der Waals surface area contributed by atoms with Crippen LogP contribution in [0.5, 0.6) is 0 Å². The average molecular weight is 264 g/mol. The fourth-order valence-electron chi connectivity index (χ4n) is 2.01. The van der Waals surface area contributed by atoms with Crippen LogP contribution in [0, 0.1) is 0 Å². The highest BCUT2D eigenvalue weighted by Gasteiger charge is 2.06. The van der Waals surface area contributed by atoms with E-state index in [0.29, 0.717) is 0 Å². The van der Waals surface area contributed by atoms with Gasteiger partial charge in [0.25, 0.3) is 0 Å². The lowest BCUT2D eigenvalue weighted by molar-refractivity contribution is 0.232. The van der Waals surface area contributed by atoms with Crippen LogP contribution in [-0.4, -0.2) is 55.6 Å². The molecule has 1 N–H and O–H groups in total. The SMILES string of the molecule is CCCN(CCN(C)C)Cc1ccc(CNC)cn1. The van der Waals surface area contributed by atoms with Gasteiger partial charge in [0.2, 0.25) is 0 Å². The maximum atomic E-state index is 4.55. The molecule has 0 radical (unpaired) electrons. The summed E-state index contributed by atoms with van der Waals surface area (Å²) in [5.74, 6) is 0. The maximum absolute atomic E-state index is 4.55. The number of likely N-dealkylation sites (N-methyl/N-ethyl adjacent to an activating group) is 1. The van der Waals surface area contributed by atoms with Crippen LogP contribution in [0.2, 0.25) is 0 Å². The van der Waals surface area contributed by atoms with E-state index in [1.54, 1.807) is 0 Å². The number of pyridine rings is 1. The minimum absolute atomic E-state index is 0.882. The Kier molecular flexibility index (Phi) is 7.63. The van der Waals surface area contributed by atoms with E-state index in [1.807, 2.05) is 13.2 Å². The third-order valence-electron chi connectivity index (χ3n) is 3.06. The topological polar surface area (TPSA) is 31.4 Å². The van der Waals surface area contributed by atoms with Gasteiger partial charge < -0.3 is 10.2 Å². The molecule has 0 saturated heterocycles. The van der Waals surface area contributed by atoms with Crippen LogP contribution in [0.4, 0.5) is 0 Å². The first-order valence-electron chi connectivity index (χ1n) is 7.11. The molecule has 0 unspecified atom stereocenters. The zero-order valence-electron chi connectivity index (χ0n) is 12.8. The summed E-state index contributed by atoms with van der Waals surface area (Å²) in [5, 5.41) is 3.14. The molecule has 0 aliphatic heterocycles. The van der Waals surface area contributed by atoms with Gasteiger partial charge in [-0.3, -0.25) is 9.88 Å². The van der Waals surface area contributed by atoms with Gasteiger partial charge in [0.05, 0.1) is 5.69 Å². The van der Waals surface area contributed by atoms with Gasteiger partial charge in [-0.05, 0) is 45.7 Å². The van der Waals surface area contributed by atoms with Gasteiger partial charge in [0, 0.05) is 32.4 Å². The van der Waals surface area contributed by atoms with Crippen molar-refractivity contribution in [2.45, 2.75) is 26.4 Å². The smallest absolute Gasteiger partial charge is 0.0544 e. The molecule has 108 valence electrons. The van der Waals surface area contributed by atoms with Gasteiger partial charge in [-0.2, -0.15) is 0 Å². The van der Waals surface area contributed by atoms with E-state index in [0.717, 1.165) is 38.4 Å². The van der Waals surface area contributed by atoms with Gasteiger partial charge in [-0.15, -0.1) is 0 Å².